The van der Waals surface area contributed by atoms with E-state index in [1.165, 1.54) is 11.9 Å². The van der Waals surface area contributed by atoms with Gasteiger partial charge in [0.15, 0.2) is 11.6 Å². The molecule has 0 saturated heterocycles. The van der Waals surface area contributed by atoms with E-state index in [2.05, 4.69) is 11.9 Å². The Kier molecular flexibility index (Phi) is 4.76. The van der Waals surface area contributed by atoms with Crippen LogP contribution in [0.25, 0.3) is 11.0 Å². The summed E-state index contributed by atoms with van der Waals surface area (Å²) in [4.78, 5) is 4.02. The zero-order valence-electron chi connectivity index (χ0n) is 13.2. The minimum absolute atomic E-state index is 0.0921. The first-order valence-electron chi connectivity index (χ1n) is 7.76. The maximum absolute atomic E-state index is 13.4. The van der Waals surface area contributed by atoms with Gasteiger partial charge >= 0.3 is 0 Å². The summed E-state index contributed by atoms with van der Waals surface area (Å²) in [5, 5.41) is 10.1. The SMILES string of the molecule is CCc1ccc(OCC(O)Cn2cnc3cc(F)c(F)cc32)cc1. The van der Waals surface area contributed by atoms with Gasteiger partial charge in [-0.2, -0.15) is 0 Å². The second kappa shape index (κ2) is 6.97. The van der Waals surface area contributed by atoms with Gasteiger partial charge in [0.25, 0.3) is 0 Å². The standard InChI is InChI=1S/C18H18F2N2O2/c1-2-12-3-5-14(6-4-12)24-10-13(23)9-22-11-21-17-7-15(19)16(20)8-18(17)22/h3-8,11,13,23H,2,9-10H2,1H3. The summed E-state index contributed by atoms with van der Waals surface area (Å²) >= 11 is 0. The van der Waals surface area contributed by atoms with Crippen molar-refractivity contribution in [2.75, 3.05) is 6.61 Å². The topological polar surface area (TPSA) is 47.3 Å². The molecule has 0 amide bonds. The van der Waals surface area contributed by atoms with Crippen molar-refractivity contribution in [2.24, 2.45) is 0 Å². The molecule has 4 nitrogen and oxygen atoms in total. The van der Waals surface area contributed by atoms with Gasteiger partial charge in [-0.25, -0.2) is 13.8 Å². The number of benzene rings is 2. The highest BCUT2D eigenvalue weighted by Crippen LogP contribution is 2.18. The molecule has 0 spiro atoms. The van der Waals surface area contributed by atoms with Crippen LogP contribution in [-0.2, 0) is 13.0 Å². The predicted molar refractivity (Wildman–Crippen MR) is 87.0 cm³/mol. The van der Waals surface area contributed by atoms with E-state index in [0.717, 1.165) is 18.6 Å². The number of imidazole rings is 1. The summed E-state index contributed by atoms with van der Waals surface area (Å²) in [6, 6.07) is 9.78. The maximum Gasteiger partial charge on any atom is 0.161 e. The molecule has 1 unspecified atom stereocenters. The average Bonchev–Trinajstić information content (AvgIpc) is 2.95. The molecule has 6 heteroatoms. The fourth-order valence-corrected chi connectivity index (χ4v) is 2.49. The van der Waals surface area contributed by atoms with Crippen molar-refractivity contribution in [1.29, 1.82) is 0 Å². The lowest BCUT2D eigenvalue weighted by Gasteiger charge is -2.14. The first-order valence-corrected chi connectivity index (χ1v) is 7.76. The number of rotatable bonds is 6. The Labute approximate surface area is 138 Å². The number of nitrogens with zero attached hydrogens (tertiary/aromatic N) is 2. The molecule has 1 atom stereocenters. The molecule has 3 aromatic rings. The van der Waals surface area contributed by atoms with Gasteiger partial charge in [-0.15, -0.1) is 0 Å². The van der Waals surface area contributed by atoms with E-state index in [0.29, 0.717) is 16.8 Å². The van der Waals surface area contributed by atoms with Gasteiger partial charge < -0.3 is 14.4 Å². The molecule has 24 heavy (non-hydrogen) atoms. The lowest BCUT2D eigenvalue weighted by molar-refractivity contribution is 0.0934. The summed E-state index contributed by atoms with van der Waals surface area (Å²) in [5.74, 6) is -1.20. The number of aliphatic hydroxyl groups is 1. The predicted octanol–water partition coefficient (Wildman–Crippen LogP) is 3.32. The second-order valence-corrected chi connectivity index (χ2v) is 5.61. The number of hydrogen-bond acceptors (Lipinski definition) is 3. The van der Waals surface area contributed by atoms with E-state index in [1.54, 1.807) is 4.57 Å². The van der Waals surface area contributed by atoms with Crippen LogP contribution in [-0.4, -0.2) is 27.4 Å². The molecule has 0 bridgehead atoms. The second-order valence-electron chi connectivity index (χ2n) is 5.61. The molecule has 0 aliphatic rings. The van der Waals surface area contributed by atoms with Gasteiger partial charge in [0.2, 0.25) is 0 Å². The summed E-state index contributed by atoms with van der Waals surface area (Å²) < 4.78 is 33.7. The van der Waals surface area contributed by atoms with E-state index >= 15 is 0 Å². The van der Waals surface area contributed by atoms with Crippen molar-refractivity contribution >= 4 is 11.0 Å². The number of fused-ring (bicyclic) bond motifs is 1. The molecule has 0 aliphatic carbocycles. The van der Waals surface area contributed by atoms with Crippen LogP contribution in [0.5, 0.6) is 5.75 Å². The summed E-state index contributed by atoms with van der Waals surface area (Å²) in [7, 11) is 0. The van der Waals surface area contributed by atoms with Crippen LogP contribution in [0.2, 0.25) is 0 Å². The van der Waals surface area contributed by atoms with Crippen LogP contribution < -0.4 is 4.74 Å². The smallest absolute Gasteiger partial charge is 0.161 e. The molecule has 3 rings (SSSR count). The van der Waals surface area contributed by atoms with Crippen LogP contribution in [0, 0.1) is 11.6 Å². The Morgan fingerprint density at radius 2 is 1.88 bits per heavy atom. The highest BCUT2D eigenvalue weighted by molar-refractivity contribution is 5.75. The first-order chi connectivity index (χ1) is 11.6. The van der Waals surface area contributed by atoms with Crippen molar-refractivity contribution in [3.05, 3.63) is 59.9 Å². The Morgan fingerprint density at radius 1 is 1.17 bits per heavy atom. The zero-order chi connectivity index (χ0) is 17.1. The number of aryl methyl sites for hydroxylation is 1. The molecule has 1 N–H and O–H groups in total. The zero-order valence-corrected chi connectivity index (χ0v) is 13.2. The lowest BCUT2D eigenvalue weighted by Crippen LogP contribution is -2.23. The molecule has 0 aliphatic heterocycles. The molecular weight excluding hydrogens is 314 g/mol. The molecule has 1 heterocycles. The van der Waals surface area contributed by atoms with Crippen LogP contribution in [0.4, 0.5) is 8.78 Å². The van der Waals surface area contributed by atoms with E-state index in [4.69, 9.17) is 4.74 Å². The molecule has 1 aromatic heterocycles. The Balaban J connectivity index is 1.64. The molecule has 0 saturated carbocycles. The van der Waals surface area contributed by atoms with Crippen molar-refractivity contribution in [1.82, 2.24) is 9.55 Å². The quantitative estimate of drug-likeness (QED) is 0.753. The molecule has 2 aromatic carbocycles. The van der Waals surface area contributed by atoms with Gasteiger partial charge in [0, 0.05) is 12.1 Å². The highest BCUT2D eigenvalue weighted by atomic mass is 19.2. The molecule has 0 radical (unpaired) electrons. The highest BCUT2D eigenvalue weighted by Gasteiger charge is 2.12. The van der Waals surface area contributed by atoms with Crippen LogP contribution in [0.15, 0.2) is 42.7 Å². The van der Waals surface area contributed by atoms with Gasteiger partial charge in [-0.3, -0.25) is 0 Å². The first kappa shape index (κ1) is 16.4. The Bertz CT molecular complexity index is 831. The van der Waals surface area contributed by atoms with E-state index < -0.39 is 17.7 Å². The lowest BCUT2D eigenvalue weighted by atomic mass is 10.2. The van der Waals surface area contributed by atoms with Crippen molar-refractivity contribution in [2.45, 2.75) is 26.0 Å². The summed E-state index contributed by atoms with van der Waals surface area (Å²) in [6.45, 7) is 2.34. The third-order valence-corrected chi connectivity index (χ3v) is 3.84. The summed E-state index contributed by atoms with van der Waals surface area (Å²) in [5.41, 5.74) is 1.99. The number of halogens is 2. The minimum Gasteiger partial charge on any atom is -0.491 e. The fourth-order valence-electron chi connectivity index (χ4n) is 2.49. The Morgan fingerprint density at radius 3 is 2.58 bits per heavy atom. The Hall–Kier alpha value is -2.47. The van der Waals surface area contributed by atoms with E-state index in [9.17, 15) is 13.9 Å². The molecule has 126 valence electrons. The largest absolute Gasteiger partial charge is 0.491 e. The van der Waals surface area contributed by atoms with Crippen LogP contribution in [0.1, 0.15) is 12.5 Å². The van der Waals surface area contributed by atoms with Crippen LogP contribution >= 0.6 is 0 Å². The monoisotopic (exact) mass is 332 g/mol. The third-order valence-electron chi connectivity index (χ3n) is 3.84. The number of hydrogen-bond donors (Lipinski definition) is 1. The van der Waals surface area contributed by atoms with Gasteiger partial charge in [-0.1, -0.05) is 19.1 Å². The van der Waals surface area contributed by atoms with Crippen molar-refractivity contribution < 1.29 is 18.6 Å². The van der Waals surface area contributed by atoms with Gasteiger partial charge in [-0.05, 0) is 24.1 Å². The van der Waals surface area contributed by atoms with Gasteiger partial charge in [0.05, 0.1) is 23.9 Å². The number of aliphatic hydroxyl groups excluding tert-OH is 1. The molecular formula is C18H18F2N2O2. The van der Waals surface area contributed by atoms with Crippen LogP contribution in [0.3, 0.4) is 0 Å². The van der Waals surface area contributed by atoms with E-state index in [-0.39, 0.29) is 13.2 Å². The van der Waals surface area contributed by atoms with Crippen molar-refractivity contribution in [3.8, 4) is 5.75 Å². The fraction of sp³-hybridized carbons (Fsp3) is 0.278. The molecule has 0 fully saturated rings. The maximum atomic E-state index is 13.4. The van der Waals surface area contributed by atoms with Gasteiger partial charge in [0.1, 0.15) is 18.5 Å². The average molecular weight is 332 g/mol. The van der Waals surface area contributed by atoms with E-state index in [1.807, 2.05) is 24.3 Å². The third kappa shape index (κ3) is 3.54. The summed E-state index contributed by atoms with van der Waals surface area (Å²) in [6.07, 6.45) is 1.60. The number of ether oxygens (including phenoxy) is 1. The normalized spacial score (nSPS) is 12.5. The van der Waals surface area contributed by atoms with Crippen molar-refractivity contribution in [3.63, 3.8) is 0 Å². The number of aromatic nitrogens is 2. The minimum atomic E-state index is -0.939.